The molecule has 1 fully saturated rings. The van der Waals surface area contributed by atoms with Crippen LogP contribution in [-0.2, 0) is 11.2 Å². The Kier molecular flexibility index (Phi) is 4.44. The van der Waals surface area contributed by atoms with E-state index in [0.29, 0.717) is 18.4 Å². The molecule has 1 aromatic carbocycles. The van der Waals surface area contributed by atoms with Gasteiger partial charge in [0.1, 0.15) is 0 Å². The highest BCUT2D eigenvalue weighted by molar-refractivity contribution is 9.10. The lowest BCUT2D eigenvalue weighted by molar-refractivity contribution is -0.131. The third-order valence-corrected chi connectivity index (χ3v) is 4.29. The number of benzene rings is 1. The normalized spacial score (nSPS) is 19.3. The van der Waals surface area contributed by atoms with Crippen molar-refractivity contribution in [2.75, 3.05) is 6.54 Å². The fourth-order valence-corrected chi connectivity index (χ4v) is 3.01. The van der Waals surface area contributed by atoms with Crippen molar-refractivity contribution in [1.29, 1.82) is 0 Å². The largest absolute Gasteiger partial charge is 0.340 e. The molecule has 1 amide bonds. The first-order chi connectivity index (χ1) is 8.58. The highest BCUT2D eigenvalue weighted by Crippen LogP contribution is 2.20. The molecule has 2 rings (SSSR count). The van der Waals surface area contributed by atoms with E-state index in [0.717, 1.165) is 30.3 Å². The molecule has 1 heterocycles. The average molecular weight is 310 g/mol. The Labute approximate surface area is 117 Å². The van der Waals surface area contributed by atoms with E-state index in [1.165, 1.54) is 11.1 Å². The highest BCUT2D eigenvalue weighted by Gasteiger charge is 2.24. The van der Waals surface area contributed by atoms with Crippen LogP contribution >= 0.6 is 15.9 Å². The van der Waals surface area contributed by atoms with Gasteiger partial charge in [-0.05, 0) is 56.4 Å². The number of carbonyl (C=O) groups excluding carboxylic acids is 1. The van der Waals surface area contributed by atoms with Gasteiger partial charge in [0.2, 0.25) is 5.91 Å². The summed E-state index contributed by atoms with van der Waals surface area (Å²) in [5, 5.41) is 0. The van der Waals surface area contributed by atoms with E-state index in [1.807, 2.05) is 11.0 Å². The van der Waals surface area contributed by atoms with E-state index in [1.54, 1.807) is 0 Å². The highest BCUT2D eigenvalue weighted by atomic mass is 79.9. The van der Waals surface area contributed by atoms with Crippen molar-refractivity contribution in [2.24, 2.45) is 0 Å². The molecular weight excluding hydrogens is 290 g/mol. The molecule has 0 N–H and O–H groups in total. The van der Waals surface area contributed by atoms with Gasteiger partial charge in [0.05, 0.1) is 0 Å². The first-order valence-corrected chi connectivity index (χ1v) is 7.41. The first kappa shape index (κ1) is 13.6. The number of carbonyl (C=O) groups is 1. The molecule has 1 saturated heterocycles. The maximum atomic E-state index is 12.1. The smallest absolute Gasteiger partial charge is 0.223 e. The summed E-state index contributed by atoms with van der Waals surface area (Å²) in [5.74, 6) is 0.305. The molecule has 2 nitrogen and oxygen atoms in total. The SMILES string of the molecule is Cc1ccc(Br)cc1CCC(=O)N1CCCC1C. The minimum absolute atomic E-state index is 0.305. The standard InChI is InChI=1S/C15H20BrNO/c1-11-5-7-14(16)10-13(11)6-8-15(18)17-9-3-4-12(17)2/h5,7,10,12H,3-4,6,8-9H2,1-2H3. The summed E-state index contributed by atoms with van der Waals surface area (Å²) in [7, 11) is 0. The third-order valence-electron chi connectivity index (χ3n) is 3.79. The van der Waals surface area contributed by atoms with Crippen molar-refractivity contribution in [2.45, 2.75) is 45.6 Å². The quantitative estimate of drug-likeness (QED) is 0.833. The predicted octanol–water partition coefficient (Wildman–Crippen LogP) is 3.70. The zero-order valence-electron chi connectivity index (χ0n) is 11.1. The second kappa shape index (κ2) is 5.87. The van der Waals surface area contributed by atoms with Gasteiger partial charge in [-0.25, -0.2) is 0 Å². The van der Waals surface area contributed by atoms with Crippen molar-refractivity contribution < 1.29 is 4.79 Å². The average Bonchev–Trinajstić information content (AvgIpc) is 2.76. The Balaban J connectivity index is 1.95. The Bertz CT molecular complexity index is 444. The van der Waals surface area contributed by atoms with Crippen molar-refractivity contribution in [3.63, 3.8) is 0 Å². The van der Waals surface area contributed by atoms with Crippen molar-refractivity contribution in [3.8, 4) is 0 Å². The molecule has 18 heavy (non-hydrogen) atoms. The van der Waals surface area contributed by atoms with Crippen molar-refractivity contribution in [3.05, 3.63) is 33.8 Å². The third kappa shape index (κ3) is 3.14. The van der Waals surface area contributed by atoms with Gasteiger partial charge in [-0.1, -0.05) is 22.0 Å². The maximum absolute atomic E-state index is 12.1. The van der Waals surface area contributed by atoms with Gasteiger partial charge >= 0.3 is 0 Å². The Morgan fingerprint density at radius 2 is 2.28 bits per heavy atom. The van der Waals surface area contributed by atoms with E-state index in [2.05, 4.69) is 41.9 Å². The molecule has 0 spiro atoms. The molecule has 0 bridgehead atoms. The summed E-state index contributed by atoms with van der Waals surface area (Å²) in [6.45, 7) is 5.19. The van der Waals surface area contributed by atoms with Gasteiger partial charge in [-0.3, -0.25) is 4.79 Å². The lowest BCUT2D eigenvalue weighted by atomic mass is 10.0. The lowest BCUT2D eigenvalue weighted by Crippen LogP contribution is -2.33. The van der Waals surface area contributed by atoms with E-state index in [4.69, 9.17) is 0 Å². The monoisotopic (exact) mass is 309 g/mol. The summed E-state index contributed by atoms with van der Waals surface area (Å²) >= 11 is 3.48. The van der Waals surface area contributed by atoms with Crippen LogP contribution in [0.5, 0.6) is 0 Å². The fraction of sp³-hybridized carbons (Fsp3) is 0.533. The van der Waals surface area contributed by atoms with Gasteiger partial charge in [-0.15, -0.1) is 0 Å². The molecular formula is C15H20BrNO. The topological polar surface area (TPSA) is 20.3 Å². The number of halogens is 1. The summed E-state index contributed by atoms with van der Waals surface area (Å²) in [5.41, 5.74) is 2.53. The van der Waals surface area contributed by atoms with E-state index < -0.39 is 0 Å². The van der Waals surface area contributed by atoms with Crippen LogP contribution in [-0.4, -0.2) is 23.4 Å². The van der Waals surface area contributed by atoms with Crippen LogP contribution in [0.2, 0.25) is 0 Å². The van der Waals surface area contributed by atoms with E-state index in [9.17, 15) is 4.79 Å². The van der Waals surface area contributed by atoms with Gasteiger partial charge in [-0.2, -0.15) is 0 Å². The molecule has 1 aliphatic rings. The van der Waals surface area contributed by atoms with E-state index >= 15 is 0 Å². The van der Waals surface area contributed by atoms with Crippen molar-refractivity contribution in [1.82, 2.24) is 4.90 Å². The summed E-state index contributed by atoms with van der Waals surface area (Å²) < 4.78 is 1.09. The summed E-state index contributed by atoms with van der Waals surface area (Å²) in [6.07, 6.45) is 3.78. The van der Waals surface area contributed by atoms with Gasteiger partial charge < -0.3 is 4.90 Å². The van der Waals surface area contributed by atoms with Crippen molar-refractivity contribution >= 4 is 21.8 Å². The second-order valence-corrected chi connectivity index (χ2v) is 6.06. The Morgan fingerprint density at radius 3 is 2.94 bits per heavy atom. The molecule has 98 valence electrons. The van der Waals surface area contributed by atoms with Crippen LogP contribution < -0.4 is 0 Å². The summed E-state index contributed by atoms with van der Waals surface area (Å²) in [4.78, 5) is 14.2. The lowest BCUT2D eigenvalue weighted by Gasteiger charge is -2.21. The van der Waals surface area contributed by atoms with E-state index in [-0.39, 0.29) is 0 Å². The summed E-state index contributed by atoms with van der Waals surface area (Å²) in [6, 6.07) is 6.70. The maximum Gasteiger partial charge on any atom is 0.223 e. The molecule has 1 atom stereocenters. The van der Waals surface area contributed by atoms with Crippen LogP contribution in [0.1, 0.15) is 37.3 Å². The number of aryl methyl sites for hydroxylation is 2. The molecule has 0 aromatic heterocycles. The number of likely N-dealkylation sites (tertiary alicyclic amines) is 1. The van der Waals surface area contributed by atoms with Gasteiger partial charge in [0, 0.05) is 23.5 Å². The molecule has 0 aliphatic carbocycles. The molecule has 1 aromatic rings. The number of nitrogens with zero attached hydrogens (tertiary/aromatic N) is 1. The zero-order valence-corrected chi connectivity index (χ0v) is 12.7. The first-order valence-electron chi connectivity index (χ1n) is 6.62. The number of amides is 1. The zero-order chi connectivity index (χ0) is 13.1. The molecule has 0 radical (unpaired) electrons. The van der Waals surface area contributed by atoms with Gasteiger partial charge in [0.25, 0.3) is 0 Å². The molecule has 3 heteroatoms. The van der Waals surface area contributed by atoms with Crippen LogP contribution in [0.25, 0.3) is 0 Å². The van der Waals surface area contributed by atoms with Crippen LogP contribution in [0.4, 0.5) is 0 Å². The Morgan fingerprint density at radius 1 is 1.50 bits per heavy atom. The number of hydrogen-bond acceptors (Lipinski definition) is 1. The minimum Gasteiger partial charge on any atom is -0.340 e. The Hall–Kier alpha value is -0.830. The fourth-order valence-electron chi connectivity index (χ4n) is 2.60. The molecule has 1 aliphatic heterocycles. The van der Waals surface area contributed by atoms with Crippen LogP contribution in [0.3, 0.4) is 0 Å². The van der Waals surface area contributed by atoms with Crippen LogP contribution in [0, 0.1) is 6.92 Å². The van der Waals surface area contributed by atoms with Crippen LogP contribution in [0.15, 0.2) is 22.7 Å². The predicted molar refractivity (Wildman–Crippen MR) is 77.6 cm³/mol. The second-order valence-electron chi connectivity index (χ2n) is 5.15. The van der Waals surface area contributed by atoms with Gasteiger partial charge in [0.15, 0.2) is 0 Å². The number of hydrogen-bond donors (Lipinski definition) is 0. The molecule has 0 saturated carbocycles. The molecule has 1 unspecified atom stereocenters. The minimum atomic E-state index is 0.305. The number of rotatable bonds is 3.